The van der Waals surface area contributed by atoms with Crippen molar-refractivity contribution in [2.24, 2.45) is 0 Å². The zero-order valence-corrected chi connectivity index (χ0v) is 16.4. The summed E-state index contributed by atoms with van der Waals surface area (Å²) in [5, 5.41) is 18.0. The van der Waals surface area contributed by atoms with Crippen LogP contribution < -0.4 is 0 Å². The van der Waals surface area contributed by atoms with Crippen LogP contribution in [0.15, 0.2) is 0 Å². The fraction of sp³-hybridized carbons (Fsp3) is 0.889. The highest BCUT2D eigenvalue weighted by molar-refractivity contribution is 5.75. The fourth-order valence-electron chi connectivity index (χ4n) is 2.68. The van der Waals surface area contributed by atoms with Crippen LogP contribution in [0.2, 0.25) is 0 Å². The number of carbonyl (C=O) groups is 2. The summed E-state index contributed by atoms with van der Waals surface area (Å²) in [6, 6.07) is 0. The summed E-state index contributed by atoms with van der Waals surface area (Å²) in [4.78, 5) is 22.0. The van der Waals surface area contributed by atoms with Crippen molar-refractivity contribution >= 4 is 11.9 Å². The van der Waals surface area contributed by atoms with Crippen molar-refractivity contribution in [3.63, 3.8) is 0 Å². The minimum absolute atomic E-state index is 0.198. The lowest BCUT2D eigenvalue weighted by Gasteiger charge is -2.34. The SMILES string of the molecule is CC1(C(=O)O)OCC(OCCCCCCOC2COC(C)(C(=O)O)OC2)CO1. The topological polar surface area (TPSA) is 130 Å². The molecule has 2 heterocycles. The van der Waals surface area contributed by atoms with Crippen LogP contribution in [0.1, 0.15) is 39.5 Å². The van der Waals surface area contributed by atoms with Crippen molar-refractivity contribution in [3.05, 3.63) is 0 Å². The summed E-state index contributed by atoms with van der Waals surface area (Å²) < 4.78 is 32.2. The van der Waals surface area contributed by atoms with Crippen molar-refractivity contribution < 1.29 is 48.2 Å². The average Bonchev–Trinajstić information content (AvgIpc) is 2.66. The van der Waals surface area contributed by atoms with Crippen molar-refractivity contribution in [1.82, 2.24) is 0 Å². The number of hydrogen-bond acceptors (Lipinski definition) is 8. The normalized spacial score (nSPS) is 33.5. The van der Waals surface area contributed by atoms with Crippen LogP contribution in [0.25, 0.3) is 0 Å². The Morgan fingerprint density at radius 2 is 1.07 bits per heavy atom. The van der Waals surface area contributed by atoms with E-state index in [0.29, 0.717) is 13.2 Å². The molecular formula is C18H30O10. The van der Waals surface area contributed by atoms with Gasteiger partial charge in [0, 0.05) is 27.1 Å². The van der Waals surface area contributed by atoms with Crippen LogP contribution >= 0.6 is 0 Å². The van der Waals surface area contributed by atoms with Crippen LogP contribution in [0.4, 0.5) is 0 Å². The molecule has 0 amide bonds. The van der Waals surface area contributed by atoms with E-state index in [0.717, 1.165) is 25.7 Å². The van der Waals surface area contributed by atoms with Crippen LogP contribution in [-0.4, -0.2) is 85.6 Å². The first-order valence-electron chi connectivity index (χ1n) is 9.51. The molecule has 2 rings (SSSR count). The lowest BCUT2D eigenvalue weighted by atomic mass is 10.2. The lowest BCUT2D eigenvalue weighted by molar-refractivity contribution is -0.284. The van der Waals surface area contributed by atoms with Crippen LogP contribution in [0, 0.1) is 0 Å². The Hall–Kier alpha value is -1.30. The molecule has 0 unspecified atom stereocenters. The average molecular weight is 406 g/mol. The molecule has 0 aliphatic carbocycles. The summed E-state index contributed by atoms with van der Waals surface area (Å²) in [5.74, 6) is -5.45. The van der Waals surface area contributed by atoms with E-state index in [1.165, 1.54) is 13.8 Å². The van der Waals surface area contributed by atoms with Gasteiger partial charge in [-0.1, -0.05) is 12.8 Å². The maximum atomic E-state index is 11.0. The first-order chi connectivity index (χ1) is 13.3. The Kier molecular flexibility index (Phi) is 8.59. The van der Waals surface area contributed by atoms with Gasteiger partial charge >= 0.3 is 11.9 Å². The van der Waals surface area contributed by atoms with E-state index in [1.54, 1.807) is 0 Å². The molecule has 2 N–H and O–H groups in total. The molecule has 0 spiro atoms. The fourth-order valence-corrected chi connectivity index (χ4v) is 2.68. The van der Waals surface area contributed by atoms with Crippen LogP contribution in [-0.2, 0) is 38.0 Å². The van der Waals surface area contributed by atoms with Gasteiger partial charge in [0.25, 0.3) is 11.6 Å². The summed E-state index contributed by atoms with van der Waals surface area (Å²) in [7, 11) is 0. The van der Waals surface area contributed by atoms with Gasteiger partial charge in [0.15, 0.2) is 0 Å². The first-order valence-corrected chi connectivity index (χ1v) is 9.51. The predicted octanol–water partition coefficient (Wildman–Crippen LogP) is 1.01. The van der Waals surface area contributed by atoms with Crippen LogP contribution in [0.3, 0.4) is 0 Å². The third kappa shape index (κ3) is 6.64. The number of unbranched alkanes of at least 4 members (excludes halogenated alkanes) is 3. The second-order valence-corrected chi connectivity index (χ2v) is 7.15. The van der Waals surface area contributed by atoms with Gasteiger partial charge in [-0.05, 0) is 12.8 Å². The molecule has 2 aliphatic heterocycles. The zero-order valence-electron chi connectivity index (χ0n) is 16.4. The maximum absolute atomic E-state index is 11.0. The smallest absolute Gasteiger partial charge is 0.364 e. The number of hydrogen-bond donors (Lipinski definition) is 2. The number of aliphatic carboxylic acids is 2. The maximum Gasteiger partial charge on any atom is 0.364 e. The van der Waals surface area contributed by atoms with Gasteiger partial charge in [-0.3, -0.25) is 0 Å². The van der Waals surface area contributed by atoms with Crippen molar-refractivity contribution in [2.75, 3.05) is 39.6 Å². The number of ether oxygens (including phenoxy) is 6. The molecule has 2 aliphatic rings. The highest BCUT2D eigenvalue weighted by atomic mass is 16.7. The van der Waals surface area contributed by atoms with Gasteiger partial charge in [-0.25, -0.2) is 9.59 Å². The molecule has 0 saturated carbocycles. The van der Waals surface area contributed by atoms with Gasteiger partial charge in [0.05, 0.1) is 26.4 Å². The monoisotopic (exact) mass is 406 g/mol. The molecule has 28 heavy (non-hydrogen) atoms. The second kappa shape index (κ2) is 10.5. The first kappa shape index (κ1) is 23.0. The van der Waals surface area contributed by atoms with E-state index in [4.69, 9.17) is 38.6 Å². The summed E-state index contributed by atoms with van der Waals surface area (Å²) in [5.41, 5.74) is 0. The third-order valence-electron chi connectivity index (χ3n) is 4.70. The summed E-state index contributed by atoms with van der Waals surface area (Å²) >= 11 is 0. The molecule has 2 fully saturated rings. The van der Waals surface area contributed by atoms with Gasteiger partial charge < -0.3 is 38.6 Å². The molecule has 10 heteroatoms. The lowest BCUT2D eigenvalue weighted by Crippen LogP contribution is -2.50. The van der Waals surface area contributed by atoms with E-state index in [9.17, 15) is 9.59 Å². The van der Waals surface area contributed by atoms with E-state index >= 15 is 0 Å². The Balaban J connectivity index is 1.43. The van der Waals surface area contributed by atoms with Gasteiger partial charge in [0.1, 0.15) is 12.2 Å². The standard InChI is InChI=1S/C18H30O10/c1-17(15(19)20)25-9-13(10-26-17)23-7-5-3-4-6-8-24-14-11-27-18(2,16(21)22)28-12-14/h13-14H,3-12H2,1-2H3,(H,19,20)(H,21,22). The van der Waals surface area contributed by atoms with Crippen molar-refractivity contribution in [1.29, 1.82) is 0 Å². The minimum Gasteiger partial charge on any atom is -0.477 e. The molecule has 0 aromatic carbocycles. The molecule has 0 radical (unpaired) electrons. The Morgan fingerprint density at radius 1 is 0.750 bits per heavy atom. The summed E-state index contributed by atoms with van der Waals surface area (Å²) in [6.45, 7) is 4.66. The highest BCUT2D eigenvalue weighted by Crippen LogP contribution is 2.21. The highest BCUT2D eigenvalue weighted by Gasteiger charge is 2.41. The Bertz CT molecular complexity index is 460. The van der Waals surface area contributed by atoms with Gasteiger partial charge in [0.2, 0.25) is 0 Å². The predicted molar refractivity (Wildman–Crippen MR) is 93.8 cm³/mol. The van der Waals surface area contributed by atoms with Gasteiger partial charge in [-0.15, -0.1) is 0 Å². The van der Waals surface area contributed by atoms with E-state index in [-0.39, 0.29) is 38.6 Å². The number of rotatable bonds is 11. The van der Waals surface area contributed by atoms with Crippen LogP contribution in [0.5, 0.6) is 0 Å². The molecular weight excluding hydrogens is 376 g/mol. The van der Waals surface area contributed by atoms with Crippen molar-refractivity contribution in [3.8, 4) is 0 Å². The minimum atomic E-state index is -1.58. The number of carboxylic acid groups (broad SMARTS) is 2. The molecule has 0 bridgehead atoms. The molecule has 10 nitrogen and oxygen atoms in total. The molecule has 162 valence electrons. The molecule has 0 aromatic heterocycles. The zero-order chi connectivity index (χ0) is 20.6. The van der Waals surface area contributed by atoms with E-state index in [2.05, 4.69) is 0 Å². The van der Waals surface area contributed by atoms with Gasteiger partial charge in [-0.2, -0.15) is 0 Å². The van der Waals surface area contributed by atoms with E-state index < -0.39 is 23.5 Å². The third-order valence-corrected chi connectivity index (χ3v) is 4.70. The Labute approximate surface area is 164 Å². The molecule has 0 aromatic rings. The Morgan fingerprint density at radius 3 is 1.36 bits per heavy atom. The largest absolute Gasteiger partial charge is 0.477 e. The summed E-state index contributed by atoms with van der Waals surface area (Å²) in [6.07, 6.45) is 3.19. The van der Waals surface area contributed by atoms with E-state index in [1.807, 2.05) is 0 Å². The van der Waals surface area contributed by atoms with Crippen molar-refractivity contribution in [2.45, 2.75) is 63.3 Å². The molecule has 0 atom stereocenters. The quantitative estimate of drug-likeness (QED) is 0.479. The second-order valence-electron chi connectivity index (χ2n) is 7.15. The molecule has 2 saturated heterocycles. The number of carboxylic acids is 2.